The number of rotatable bonds is 1. The van der Waals surface area contributed by atoms with Crippen LogP contribution in [0.25, 0.3) is 0 Å². The summed E-state index contributed by atoms with van der Waals surface area (Å²) in [6, 6.07) is 0. The molecule has 1 rings (SSSR count). The summed E-state index contributed by atoms with van der Waals surface area (Å²) >= 11 is 12.5. The third kappa shape index (κ3) is 1.67. The molecule has 2 nitrogen and oxygen atoms in total. The van der Waals surface area contributed by atoms with Gasteiger partial charge in [-0.05, 0) is 0 Å². The largest absolute Gasteiger partial charge is 0.465 e. The summed E-state index contributed by atoms with van der Waals surface area (Å²) in [5.74, 6) is -0.499. The number of thiophene rings is 1. The molecule has 1 heterocycles. The minimum absolute atomic E-state index is 0.251. The van der Waals surface area contributed by atoms with Crippen LogP contribution in [0.3, 0.4) is 0 Å². The zero-order chi connectivity index (χ0) is 8.43. The van der Waals surface area contributed by atoms with E-state index in [9.17, 15) is 4.79 Å². The van der Waals surface area contributed by atoms with Crippen LogP contribution < -0.4 is 0 Å². The van der Waals surface area contributed by atoms with Gasteiger partial charge in [-0.15, -0.1) is 11.3 Å². The summed E-state index contributed by atoms with van der Waals surface area (Å²) in [6.07, 6.45) is 0. The Morgan fingerprint density at radius 3 is 2.64 bits per heavy atom. The molecule has 0 atom stereocenters. The number of esters is 1. The summed E-state index contributed by atoms with van der Waals surface area (Å²) < 4.78 is 4.82. The lowest BCUT2D eigenvalue weighted by atomic mass is 10.3. The van der Waals surface area contributed by atoms with E-state index in [1.807, 2.05) is 0 Å². The summed E-state index contributed by atoms with van der Waals surface area (Å²) in [5, 5.41) is 1.93. The van der Waals surface area contributed by atoms with Gasteiger partial charge in [0.15, 0.2) is 0 Å². The molecule has 0 bridgehead atoms. The second-order valence-corrected chi connectivity index (χ2v) is 3.61. The van der Waals surface area contributed by atoms with Crippen molar-refractivity contribution in [3.8, 4) is 0 Å². The van der Waals surface area contributed by atoms with Gasteiger partial charge in [-0.2, -0.15) is 0 Å². The molecule has 0 N–H and O–H groups in total. The Morgan fingerprint density at radius 2 is 2.27 bits per heavy atom. The van der Waals surface area contributed by atoms with E-state index in [1.165, 1.54) is 18.4 Å². The molecule has 0 radical (unpaired) electrons. The van der Waals surface area contributed by atoms with Gasteiger partial charge < -0.3 is 4.74 Å². The fourth-order valence-corrected chi connectivity index (χ4v) is 1.95. The molecule has 0 amide bonds. The van der Waals surface area contributed by atoms with Crippen LogP contribution in [0.5, 0.6) is 0 Å². The Labute approximate surface area is 77.7 Å². The summed E-state index contributed by atoms with van der Waals surface area (Å²) in [5.41, 5.74) is 0.251. The van der Waals surface area contributed by atoms with E-state index in [1.54, 1.807) is 5.38 Å². The first-order valence-electron chi connectivity index (χ1n) is 2.67. The first kappa shape index (κ1) is 8.84. The molecule has 0 saturated carbocycles. The zero-order valence-electron chi connectivity index (χ0n) is 5.56. The Balaban J connectivity index is 3.10. The molecule has 60 valence electrons. The highest BCUT2D eigenvalue weighted by Gasteiger charge is 2.16. The van der Waals surface area contributed by atoms with Crippen LogP contribution >= 0.6 is 34.5 Å². The van der Waals surface area contributed by atoms with E-state index >= 15 is 0 Å². The van der Waals surface area contributed by atoms with Crippen LogP contribution in [0.1, 0.15) is 10.4 Å². The van der Waals surface area contributed by atoms with E-state index in [4.69, 9.17) is 23.2 Å². The SMILES string of the molecule is COC(=O)c1c(Cl)csc1Cl. The molecule has 0 aliphatic rings. The molecule has 0 aliphatic carbocycles. The van der Waals surface area contributed by atoms with Crippen molar-refractivity contribution >= 4 is 40.5 Å². The van der Waals surface area contributed by atoms with Crippen molar-refractivity contribution in [2.75, 3.05) is 7.11 Å². The van der Waals surface area contributed by atoms with Gasteiger partial charge in [0.2, 0.25) is 0 Å². The van der Waals surface area contributed by atoms with Crippen molar-refractivity contribution in [3.63, 3.8) is 0 Å². The molecular formula is C6H4Cl2O2S. The summed E-state index contributed by atoms with van der Waals surface area (Å²) in [7, 11) is 1.28. The number of hydrogen-bond acceptors (Lipinski definition) is 3. The number of halogens is 2. The monoisotopic (exact) mass is 210 g/mol. The van der Waals surface area contributed by atoms with E-state index in [0.717, 1.165) is 0 Å². The minimum Gasteiger partial charge on any atom is -0.465 e. The van der Waals surface area contributed by atoms with Crippen molar-refractivity contribution in [2.45, 2.75) is 0 Å². The van der Waals surface area contributed by atoms with Crippen molar-refractivity contribution in [3.05, 3.63) is 20.3 Å². The quantitative estimate of drug-likeness (QED) is 0.667. The molecule has 0 aromatic carbocycles. The highest BCUT2D eigenvalue weighted by atomic mass is 35.5. The van der Waals surface area contributed by atoms with Gasteiger partial charge >= 0.3 is 5.97 Å². The molecule has 0 spiro atoms. The van der Waals surface area contributed by atoms with Gasteiger partial charge in [0.1, 0.15) is 9.90 Å². The van der Waals surface area contributed by atoms with Crippen LogP contribution in [0.2, 0.25) is 9.36 Å². The number of carbonyl (C=O) groups is 1. The van der Waals surface area contributed by atoms with Crippen molar-refractivity contribution in [1.82, 2.24) is 0 Å². The Kier molecular flexibility index (Phi) is 2.76. The number of methoxy groups -OCH3 is 1. The normalized spacial score (nSPS) is 9.73. The molecule has 1 aromatic heterocycles. The molecule has 0 unspecified atom stereocenters. The highest BCUT2D eigenvalue weighted by molar-refractivity contribution is 7.15. The van der Waals surface area contributed by atoms with Gasteiger partial charge in [0.25, 0.3) is 0 Å². The number of hydrogen-bond donors (Lipinski definition) is 0. The predicted molar refractivity (Wildman–Crippen MR) is 45.7 cm³/mol. The molecule has 0 saturated heterocycles. The van der Waals surface area contributed by atoms with Crippen LogP contribution in [0, 0.1) is 0 Å². The van der Waals surface area contributed by atoms with Crippen LogP contribution in [0.4, 0.5) is 0 Å². The number of ether oxygens (including phenoxy) is 1. The van der Waals surface area contributed by atoms with Crippen LogP contribution in [-0.2, 0) is 4.74 Å². The van der Waals surface area contributed by atoms with E-state index in [0.29, 0.717) is 9.36 Å². The lowest BCUT2D eigenvalue weighted by molar-refractivity contribution is 0.0602. The Morgan fingerprint density at radius 1 is 1.64 bits per heavy atom. The molecule has 0 aliphatic heterocycles. The molecule has 5 heteroatoms. The van der Waals surface area contributed by atoms with Crippen molar-refractivity contribution < 1.29 is 9.53 Å². The molecule has 0 fully saturated rings. The average molecular weight is 211 g/mol. The van der Waals surface area contributed by atoms with Gasteiger partial charge in [-0.25, -0.2) is 4.79 Å². The summed E-state index contributed by atoms with van der Waals surface area (Å²) in [4.78, 5) is 10.9. The fraction of sp³-hybridized carbons (Fsp3) is 0.167. The third-order valence-corrected chi connectivity index (χ3v) is 2.74. The average Bonchev–Trinajstić information content (AvgIpc) is 2.30. The van der Waals surface area contributed by atoms with Crippen LogP contribution in [0.15, 0.2) is 5.38 Å². The maximum absolute atomic E-state index is 10.9. The minimum atomic E-state index is -0.499. The zero-order valence-corrected chi connectivity index (χ0v) is 7.89. The van der Waals surface area contributed by atoms with Gasteiger partial charge in [0.05, 0.1) is 12.1 Å². The molecular weight excluding hydrogens is 207 g/mol. The maximum atomic E-state index is 10.9. The topological polar surface area (TPSA) is 26.3 Å². The van der Waals surface area contributed by atoms with Crippen molar-refractivity contribution in [1.29, 1.82) is 0 Å². The van der Waals surface area contributed by atoms with Crippen LogP contribution in [-0.4, -0.2) is 13.1 Å². The fourth-order valence-electron chi connectivity index (χ4n) is 0.595. The van der Waals surface area contributed by atoms with Gasteiger partial charge in [0, 0.05) is 5.38 Å². The molecule has 11 heavy (non-hydrogen) atoms. The van der Waals surface area contributed by atoms with E-state index in [-0.39, 0.29) is 5.56 Å². The molecule has 1 aromatic rings. The van der Waals surface area contributed by atoms with E-state index < -0.39 is 5.97 Å². The third-order valence-electron chi connectivity index (χ3n) is 1.09. The first-order chi connectivity index (χ1) is 5.16. The second kappa shape index (κ2) is 3.43. The Bertz CT molecular complexity index is 263. The highest BCUT2D eigenvalue weighted by Crippen LogP contribution is 2.31. The summed E-state index contributed by atoms with van der Waals surface area (Å²) in [6.45, 7) is 0. The Hall–Kier alpha value is -0.250. The van der Waals surface area contributed by atoms with Gasteiger partial charge in [-0.1, -0.05) is 23.2 Å². The smallest absolute Gasteiger partial charge is 0.341 e. The van der Waals surface area contributed by atoms with Gasteiger partial charge in [-0.3, -0.25) is 0 Å². The lowest BCUT2D eigenvalue weighted by Crippen LogP contribution is -2.00. The number of carbonyl (C=O) groups excluding carboxylic acids is 1. The maximum Gasteiger partial charge on any atom is 0.341 e. The van der Waals surface area contributed by atoms with E-state index in [2.05, 4.69) is 4.74 Å². The lowest BCUT2D eigenvalue weighted by Gasteiger charge is -1.95. The second-order valence-electron chi connectivity index (χ2n) is 1.72. The predicted octanol–water partition coefficient (Wildman–Crippen LogP) is 2.84. The standard InChI is InChI=1S/C6H4Cl2O2S/c1-10-6(9)4-3(7)2-11-5(4)8/h2H,1H3. The van der Waals surface area contributed by atoms with Crippen molar-refractivity contribution in [2.24, 2.45) is 0 Å². The first-order valence-corrected chi connectivity index (χ1v) is 4.31.